The number of benzene rings is 1. The van der Waals surface area contributed by atoms with E-state index in [9.17, 15) is 13.8 Å². The second-order valence-electron chi connectivity index (χ2n) is 3.39. The molecule has 17 heavy (non-hydrogen) atoms. The molecule has 0 bridgehead atoms. The van der Waals surface area contributed by atoms with Crippen LogP contribution in [0.25, 0.3) is 0 Å². The zero-order valence-corrected chi connectivity index (χ0v) is 10.1. The Kier molecular flexibility index (Phi) is 3.03. The molecule has 92 valence electrons. The number of esters is 1. The molecule has 0 aromatic heterocycles. The Hall–Kier alpha value is -1.23. The van der Waals surface area contributed by atoms with E-state index in [1.54, 1.807) is 0 Å². The minimum atomic E-state index is -3.58. The smallest absolute Gasteiger partial charge is 0.375 e. The second kappa shape index (κ2) is 4.22. The molecule has 0 amide bonds. The predicted molar refractivity (Wildman–Crippen MR) is 56.2 cm³/mol. The molecule has 5 nitrogen and oxygen atoms in total. The van der Waals surface area contributed by atoms with Crippen LogP contribution in [0.15, 0.2) is 18.2 Å². The Bertz CT molecular complexity index is 507. The Morgan fingerprint density at radius 3 is 2.59 bits per heavy atom. The number of fused-ring (bicyclic) bond motifs is 1. The first-order chi connectivity index (χ1) is 8.01. The van der Waals surface area contributed by atoms with Crippen molar-refractivity contribution in [3.8, 4) is 0 Å². The largest absolute Gasteiger partial charge is 0.441 e. The highest BCUT2D eigenvalue weighted by Gasteiger charge is 2.45. The van der Waals surface area contributed by atoms with Gasteiger partial charge in [0.25, 0.3) is 0 Å². The number of hydrogen-bond acceptors (Lipinski definition) is 5. The SMILES string of the molecule is COP(=O)(OC)C1OC(=O)c2cc(F)ccc21. The highest BCUT2D eigenvalue weighted by atomic mass is 31.2. The molecule has 7 heteroatoms. The number of rotatable bonds is 3. The highest BCUT2D eigenvalue weighted by Crippen LogP contribution is 2.62. The molecule has 1 aromatic carbocycles. The van der Waals surface area contributed by atoms with Crippen molar-refractivity contribution in [1.82, 2.24) is 0 Å². The first-order valence-corrected chi connectivity index (χ1v) is 6.34. The van der Waals surface area contributed by atoms with Crippen LogP contribution >= 0.6 is 7.60 Å². The van der Waals surface area contributed by atoms with E-state index >= 15 is 0 Å². The molecular formula is C10H10FO5P. The van der Waals surface area contributed by atoms with Crippen LogP contribution in [-0.4, -0.2) is 20.2 Å². The lowest BCUT2D eigenvalue weighted by molar-refractivity contribution is 0.0456. The van der Waals surface area contributed by atoms with Gasteiger partial charge in [0.05, 0.1) is 5.56 Å². The van der Waals surface area contributed by atoms with Gasteiger partial charge in [-0.15, -0.1) is 0 Å². The second-order valence-corrected chi connectivity index (χ2v) is 5.67. The number of carbonyl (C=O) groups is 1. The molecule has 0 saturated carbocycles. The Morgan fingerprint density at radius 1 is 1.35 bits per heavy atom. The molecule has 1 atom stereocenters. The lowest BCUT2D eigenvalue weighted by Crippen LogP contribution is -2.03. The number of carbonyl (C=O) groups excluding carboxylic acids is 1. The van der Waals surface area contributed by atoms with E-state index in [-0.39, 0.29) is 5.56 Å². The Balaban J connectivity index is 2.51. The lowest BCUT2D eigenvalue weighted by atomic mass is 10.1. The summed E-state index contributed by atoms with van der Waals surface area (Å²) in [6, 6.07) is 3.53. The summed E-state index contributed by atoms with van der Waals surface area (Å²) in [5.41, 5.74) is 0.354. The summed E-state index contributed by atoms with van der Waals surface area (Å²) in [7, 11) is -1.19. The molecule has 0 radical (unpaired) electrons. The van der Waals surface area contributed by atoms with E-state index in [1.807, 2.05) is 0 Å². The van der Waals surface area contributed by atoms with Crippen LogP contribution in [0.4, 0.5) is 4.39 Å². The first kappa shape index (κ1) is 12.2. The zero-order chi connectivity index (χ0) is 12.6. The van der Waals surface area contributed by atoms with Crippen molar-refractivity contribution in [1.29, 1.82) is 0 Å². The van der Waals surface area contributed by atoms with Crippen LogP contribution in [0, 0.1) is 5.82 Å². The fourth-order valence-electron chi connectivity index (χ4n) is 1.65. The van der Waals surface area contributed by atoms with E-state index in [4.69, 9.17) is 13.8 Å². The fourth-order valence-corrected chi connectivity index (χ4v) is 2.97. The van der Waals surface area contributed by atoms with Crippen LogP contribution in [0.5, 0.6) is 0 Å². The molecule has 0 saturated heterocycles. The number of hydrogen-bond donors (Lipinski definition) is 0. The van der Waals surface area contributed by atoms with Gasteiger partial charge in [-0.1, -0.05) is 6.07 Å². The molecule has 0 N–H and O–H groups in total. The maximum absolute atomic E-state index is 13.0. The third-order valence-corrected chi connectivity index (χ3v) is 4.49. The van der Waals surface area contributed by atoms with Crippen LogP contribution in [0.2, 0.25) is 0 Å². The molecule has 0 aliphatic carbocycles. The van der Waals surface area contributed by atoms with Crippen LogP contribution in [-0.2, 0) is 18.3 Å². The van der Waals surface area contributed by atoms with Gasteiger partial charge in [0.15, 0.2) is 0 Å². The van der Waals surface area contributed by atoms with E-state index in [1.165, 1.54) is 20.3 Å². The lowest BCUT2D eigenvalue weighted by Gasteiger charge is -2.19. The van der Waals surface area contributed by atoms with Crippen molar-refractivity contribution in [2.24, 2.45) is 0 Å². The molecule has 1 aliphatic rings. The first-order valence-electron chi connectivity index (χ1n) is 4.73. The zero-order valence-electron chi connectivity index (χ0n) is 9.18. The number of ether oxygens (including phenoxy) is 1. The van der Waals surface area contributed by atoms with Crippen LogP contribution < -0.4 is 0 Å². The normalized spacial score (nSPS) is 19.0. The van der Waals surface area contributed by atoms with Gasteiger partial charge in [-0.05, 0) is 12.1 Å². The predicted octanol–water partition coefficient (Wildman–Crippen LogP) is 2.48. The van der Waals surface area contributed by atoms with Crippen molar-refractivity contribution in [3.63, 3.8) is 0 Å². The summed E-state index contributed by atoms with van der Waals surface area (Å²) in [6.45, 7) is 0. The molecule has 1 unspecified atom stereocenters. The molecule has 2 rings (SSSR count). The quantitative estimate of drug-likeness (QED) is 0.617. The van der Waals surface area contributed by atoms with E-state index in [0.717, 1.165) is 12.1 Å². The average Bonchev–Trinajstić information content (AvgIpc) is 2.66. The molecule has 1 heterocycles. The van der Waals surface area contributed by atoms with Crippen molar-refractivity contribution in [2.45, 2.75) is 5.85 Å². The summed E-state index contributed by atoms with van der Waals surface area (Å²) < 4.78 is 39.6. The van der Waals surface area contributed by atoms with Gasteiger partial charge in [-0.25, -0.2) is 9.18 Å². The molecule has 1 aliphatic heterocycles. The van der Waals surface area contributed by atoms with Gasteiger partial charge < -0.3 is 13.8 Å². The average molecular weight is 260 g/mol. The summed E-state index contributed by atoms with van der Waals surface area (Å²) in [5, 5.41) is 0. The number of cyclic esters (lactones) is 1. The Labute approximate surface area is 97.0 Å². The fraction of sp³-hybridized carbons (Fsp3) is 0.300. The van der Waals surface area contributed by atoms with Gasteiger partial charge in [0.1, 0.15) is 5.82 Å². The summed E-state index contributed by atoms with van der Waals surface area (Å²) in [5.74, 6) is -2.44. The standard InChI is InChI=1S/C10H10FO5P/c1-14-17(13,15-2)10-7-4-3-6(11)5-8(7)9(12)16-10/h3-5,10H,1-2H3. The van der Waals surface area contributed by atoms with Crippen molar-refractivity contribution < 1.29 is 27.5 Å². The number of halogens is 1. The van der Waals surface area contributed by atoms with E-state index < -0.39 is 25.2 Å². The van der Waals surface area contributed by atoms with Crippen LogP contribution in [0.1, 0.15) is 21.8 Å². The molecule has 0 spiro atoms. The minimum absolute atomic E-state index is 0.0457. The van der Waals surface area contributed by atoms with Crippen molar-refractivity contribution >= 4 is 13.6 Å². The summed E-state index contributed by atoms with van der Waals surface area (Å²) in [4.78, 5) is 11.5. The molecular weight excluding hydrogens is 250 g/mol. The van der Waals surface area contributed by atoms with Crippen LogP contribution in [0.3, 0.4) is 0 Å². The topological polar surface area (TPSA) is 61.8 Å². The monoisotopic (exact) mass is 260 g/mol. The summed E-state index contributed by atoms with van der Waals surface area (Å²) in [6.07, 6.45) is 0. The van der Waals surface area contributed by atoms with Gasteiger partial charge >= 0.3 is 13.6 Å². The molecule has 1 aromatic rings. The maximum atomic E-state index is 13.0. The van der Waals surface area contributed by atoms with E-state index in [2.05, 4.69) is 0 Å². The summed E-state index contributed by atoms with van der Waals surface area (Å²) >= 11 is 0. The van der Waals surface area contributed by atoms with Crippen molar-refractivity contribution in [3.05, 3.63) is 35.1 Å². The highest BCUT2D eigenvalue weighted by molar-refractivity contribution is 7.54. The maximum Gasteiger partial charge on any atom is 0.375 e. The third-order valence-electron chi connectivity index (χ3n) is 2.52. The third kappa shape index (κ3) is 1.88. The van der Waals surface area contributed by atoms with E-state index in [0.29, 0.717) is 5.56 Å². The van der Waals surface area contributed by atoms with Gasteiger partial charge in [-0.2, -0.15) is 0 Å². The minimum Gasteiger partial charge on any atom is -0.441 e. The molecule has 0 fully saturated rings. The van der Waals surface area contributed by atoms with Gasteiger partial charge in [0, 0.05) is 19.8 Å². The van der Waals surface area contributed by atoms with Gasteiger partial charge in [-0.3, -0.25) is 4.57 Å². The van der Waals surface area contributed by atoms with Crippen molar-refractivity contribution in [2.75, 3.05) is 14.2 Å². The Morgan fingerprint density at radius 2 is 2.00 bits per heavy atom. The van der Waals surface area contributed by atoms with Gasteiger partial charge in [0.2, 0.25) is 5.85 Å².